The number of hydrogen-bond acceptors (Lipinski definition) is 6. The second-order valence-corrected chi connectivity index (χ2v) is 6.47. The van der Waals surface area contributed by atoms with Crippen molar-refractivity contribution in [3.8, 4) is 5.75 Å². The molecule has 0 atom stereocenters. The van der Waals surface area contributed by atoms with E-state index < -0.39 is 0 Å². The van der Waals surface area contributed by atoms with Crippen LogP contribution in [0.5, 0.6) is 5.75 Å². The molecule has 0 saturated heterocycles. The molecule has 0 saturated carbocycles. The van der Waals surface area contributed by atoms with E-state index in [0.717, 1.165) is 17.1 Å². The average Bonchev–Trinajstić information content (AvgIpc) is 2.67. The number of hydrogen-bond donors (Lipinski definition) is 3. The molecule has 140 valence electrons. The lowest BCUT2D eigenvalue weighted by molar-refractivity contribution is 0.340. The quantitative estimate of drug-likeness (QED) is 0.543. The summed E-state index contributed by atoms with van der Waals surface area (Å²) in [6.07, 6.45) is 1.48. The molecule has 27 heavy (non-hydrogen) atoms. The Balaban J connectivity index is 1.75. The molecule has 0 bridgehead atoms. The van der Waals surface area contributed by atoms with Crippen LogP contribution in [0.4, 0.5) is 28.7 Å². The number of anilines is 5. The zero-order valence-corrected chi connectivity index (χ0v) is 15.9. The van der Waals surface area contributed by atoms with Crippen molar-refractivity contribution in [3.63, 3.8) is 0 Å². The third-order valence-corrected chi connectivity index (χ3v) is 4.15. The minimum Gasteiger partial charge on any atom is -0.494 e. The topological polar surface area (TPSA) is 85.1 Å². The summed E-state index contributed by atoms with van der Waals surface area (Å²) in [6.45, 7) is 6.94. The molecule has 0 aliphatic heterocycles. The van der Waals surface area contributed by atoms with Crippen LogP contribution in [-0.2, 0) is 0 Å². The molecule has 0 aliphatic carbocycles. The molecular formula is C21H25N5O. The predicted octanol–water partition coefficient (Wildman–Crippen LogP) is 5.07. The smallest absolute Gasteiger partial charge is 0.159 e. The van der Waals surface area contributed by atoms with Gasteiger partial charge in [-0.25, -0.2) is 9.97 Å². The van der Waals surface area contributed by atoms with Crippen LogP contribution in [0.1, 0.15) is 32.3 Å². The molecule has 0 radical (unpaired) electrons. The van der Waals surface area contributed by atoms with Crippen molar-refractivity contribution < 1.29 is 4.74 Å². The minimum atomic E-state index is 0.458. The number of aromatic nitrogens is 2. The van der Waals surface area contributed by atoms with Gasteiger partial charge in [-0.2, -0.15) is 0 Å². The van der Waals surface area contributed by atoms with Crippen molar-refractivity contribution in [2.24, 2.45) is 0 Å². The summed E-state index contributed by atoms with van der Waals surface area (Å²) in [7, 11) is 0. The molecule has 6 heteroatoms. The lowest BCUT2D eigenvalue weighted by Crippen LogP contribution is -2.05. The fourth-order valence-electron chi connectivity index (χ4n) is 2.62. The molecule has 0 fully saturated rings. The molecule has 4 N–H and O–H groups in total. The van der Waals surface area contributed by atoms with E-state index in [2.05, 4.69) is 46.6 Å². The molecule has 1 heterocycles. The van der Waals surface area contributed by atoms with Crippen LogP contribution >= 0.6 is 0 Å². The summed E-state index contributed by atoms with van der Waals surface area (Å²) in [5, 5.41) is 6.47. The Labute approximate surface area is 159 Å². The van der Waals surface area contributed by atoms with Gasteiger partial charge in [-0.3, -0.25) is 0 Å². The highest BCUT2D eigenvalue weighted by atomic mass is 16.5. The van der Waals surface area contributed by atoms with Gasteiger partial charge < -0.3 is 21.1 Å². The molecule has 0 amide bonds. The number of benzene rings is 2. The first kappa shape index (κ1) is 18.5. The maximum absolute atomic E-state index is 6.26. The van der Waals surface area contributed by atoms with Gasteiger partial charge in [0.25, 0.3) is 0 Å². The maximum atomic E-state index is 6.26. The van der Waals surface area contributed by atoms with Gasteiger partial charge in [-0.1, -0.05) is 26.0 Å². The van der Waals surface area contributed by atoms with E-state index in [0.29, 0.717) is 29.8 Å². The van der Waals surface area contributed by atoms with Crippen LogP contribution in [0.15, 0.2) is 54.9 Å². The van der Waals surface area contributed by atoms with Crippen molar-refractivity contribution in [3.05, 3.63) is 60.4 Å². The molecule has 0 unspecified atom stereocenters. The molecule has 3 aromatic rings. The Morgan fingerprint density at radius 3 is 1.89 bits per heavy atom. The standard InChI is InChI=1S/C21H25N5O/c1-4-27-18-11-9-17(10-12-18)26-21-19(22)20(23-13-24-21)25-16-7-5-15(6-8-16)14(2)3/h5-14H,4,22H2,1-3H3,(H2,23,24,25,26). The van der Waals surface area contributed by atoms with Crippen LogP contribution < -0.4 is 21.1 Å². The van der Waals surface area contributed by atoms with E-state index in [1.807, 2.05) is 43.3 Å². The Bertz CT molecular complexity index is 876. The molecule has 6 nitrogen and oxygen atoms in total. The lowest BCUT2D eigenvalue weighted by atomic mass is 10.0. The zero-order valence-electron chi connectivity index (χ0n) is 15.9. The normalized spacial score (nSPS) is 10.7. The molecule has 2 aromatic carbocycles. The highest BCUT2D eigenvalue weighted by molar-refractivity contribution is 5.80. The van der Waals surface area contributed by atoms with E-state index >= 15 is 0 Å². The summed E-state index contributed by atoms with van der Waals surface area (Å²) in [5.74, 6) is 2.44. The Morgan fingerprint density at radius 1 is 0.889 bits per heavy atom. The van der Waals surface area contributed by atoms with Crippen molar-refractivity contribution in [1.29, 1.82) is 0 Å². The largest absolute Gasteiger partial charge is 0.494 e. The van der Waals surface area contributed by atoms with Gasteiger partial charge in [-0.05, 0) is 54.8 Å². The number of nitrogens with two attached hydrogens (primary N) is 1. The monoisotopic (exact) mass is 363 g/mol. The molecule has 0 spiro atoms. The van der Waals surface area contributed by atoms with Crippen LogP contribution in [-0.4, -0.2) is 16.6 Å². The Morgan fingerprint density at radius 2 is 1.41 bits per heavy atom. The zero-order chi connectivity index (χ0) is 19.2. The van der Waals surface area contributed by atoms with Crippen molar-refractivity contribution >= 4 is 28.7 Å². The maximum Gasteiger partial charge on any atom is 0.159 e. The summed E-state index contributed by atoms with van der Waals surface area (Å²) in [4.78, 5) is 8.52. The fraction of sp³-hybridized carbons (Fsp3) is 0.238. The summed E-state index contributed by atoms with van der Waals surface area (Å²) in [5.41, 5.74) is 9.80. The van der Waals surface area contributed by atoms with Crippen LogP contribution in [0, 0.1) is 0 Å². The first-order valence-corrected chi connectivity index (χ1v) is 9.04. The van der Waals surface area contributed by atoms with E-state index in [4.69, 9.17) is 10.5 Å². The number of nitrogens with zero attached hydrogens (tertiary/aromatic N) is 2. The van der Waals surface area contributed by atoms with Crippen molar-refractivity contribution in [1.82, 2.24) is 9.97 Å². The van der Waals surface area contributed by atoms with Gasteiger partial charge in [0.1, 0.15) is 17.8 Å². The van der Waals surface area contributed by atoms with Gasteiger partial charge in [0.05, 0.1) is 6.61 Å². The molecule has 1 aromatic heterocycles. The first-order valence-electron chi connectivity index (χ1n) is 9.04. The van der Waals surface area contributed by atoms with Crippen LogP contribution in [0.2, 0.25) is 0 Å². The average molecular weight is 363 g/mol. The Kier molecular flexibility index (Phi) is 5.76. The third kappa shape index (κ3) is 4.67. The minimum absolute atomic E-state index is 0.458. The van der Waals surface area contributed by atoms with E-state index in [-0.39, 0.29) is 0 Å². The SMILES string of the molecule is CCOc1ccc(Nc2ncnc(Nc3ccc(C(C)C)cc3)c2N)cc1. The van der Waals surface area contributed by atoms with Crippen molar-refractivity contribution in [2.45, 2.75) is 26.7 Å². The molecule has 0 aliphatic rings. The first-order chi connectivity index (χ1) is 13.1. The number of nitrogens with one attached hydrogen (secondary N) is 2. The summed E-state index contributed by atoms with van der Waals surface area (Å²) < 4.78 is 5.46. The van der Waals surface area contributed by atoms with E-state index in [1.165, 1.54) is 11.9 Å². The number of rotatable bonds is 7. The lowest BCUT2D eigenvalue weighted by Gasteiger charge is -2.13. The van der Waals surface area contributed by atoms with E-state index in [9.17, 15) is 0 Å². The number of nitrogen functional groups attached to an aromatic ring is 1. The highest BCUT2D eigenvalue weighted by Gasteiger charge is 2.09. The van der Waals surface area contributed by atoms with Gasteiger partial charge in [0.15, 0.2) is 11.6 Å². The predicted molar refractivity (Wildman–Crippen MR) is 111 cm³/mol. The molecule has 3 rings (SSSR count). The highest BCUT2D eigenvalue weighted by Crippen LogP contribution is 2.29. The van der Waals surface area contributed by atoms with Gasteiger partial charge >= 0.3 is 0 Å². The van der Waals surface area contributed by atoms with Gasteiger partial charge in [-0.15, -0.1) is 0 Å². The van der Waals surface area contributed by atoms with E-state index in [1.54, 1.807) is 0 Å². The second kappa shape index (κ2) is 8.40. The fourth-order valence-corrected chi connectivity index (χ4v) is 2.62. The summed E-state index contributed by atoms with van der Waals surface area (Å²) in [6, 6.07) is 15.9. The molecular weight excluding hydrogens is 338 g/mol. The van der Waals surface area contributed by atoms with Gasteiger partial charge in [0, 0.05) is 11.4 Å². The third-order valence-electron chi connectivity index (χ3n) is 4.15. The second-order valence-electron chi connectivity index (χ2n) is 6.47. The van der Waals surface area contributed by atoms with Crippen molar-refractivity contribution in [2.75, 3.05) is 23.0 Å². The number of ether oxygens (including phenoxy) is 1. The van der Waals surface area contributed by atoms with Gasteiger partial charge in [0.2, 0.25) is 0 Å². The summed E-state index contributed by atoms with van der Waals surface area (Å²) >= 11 is 0. The van der Waals surface area contributed by atoms with Crippen LogP contribution in [0.25, 0.3) is 0 Å². The van der Waals surface area contributed by atoms with Crippen LogP contribution in [0.3, 0.4) is 0 Å². The Hall–Kier alpha value is -3.28.